The fourth-order valence-corrected chi connectivity index (χ4v) is 3.89. The molecule has 0 bridgehead atoms. The fourth-order valence-electron chi connectivity index (χ4n) is 3.89. The number of imide groups is 1. The van der Waals surface area contributed by atoms with Gasteiger partial charge in [0.1, 0.15) is 23.3 Å². The number of benzene rings is 3. The Hall–Kier alpha value is -4.39. The van der Waals surface area contributed by atoms with E-state index in [0.29, 0.717) is 45.4 Å². The maximum Gasteiger partial charge on any atom is 0.261 e. The van der Waals surface area contributed by atoms with Crippen LogP contribution in [0.15, 0.2) is 82.2 Å². The third-order valence-corrected chi connectivity index (χ3v) is 5.60. The molecule has 2 heterocycles. The van der Waals surface area contributed by atoms with E-state index in [1.54, 1.807) is 54.6 Å². The molecule has 0 fully saturated rings. The highest BCUT2D eigenvalue weighted by molar-refractivity contribution is 6.21. The molecule has 1 aromatic heterocycles. The number of rotatable bonds is 6. The molecule has 0 spiro atoms. The topological polar surface area (TPSA) is 97.0 Å². The van der Waals surface area contributed by atoms with Crippen LogP contribution in [0.1, 0.15) is 27.1 Å². The maximum absolute atomic E-state index is 12.9. The van der Waals surface area contributed by atoms with Gasteiger partial charge in [-0.1, -0.05) is 24.3 Å². The third-order valence-electron chi connectivity index (χ3n) is 5.60. The molecule has 0 atom stereocenters. The SMILES string of the molecule is O=C1c2ccccc2C(=O)N1CCCOc1ccc2c(=O)c(-c3ccc(O)cc3)coc2c1. The number of ether oxygens (including phenoxy) is 1. The van der Waals surface area contributed by atoms with E-state index in [-0.39, 0.29) is 36.1 Å². The standard InChI is InChI=1S/C26H19NO6/c28-17-8-6-16(7-9-17)22-15-33-23-14-18(10-11-21(23)24(22)29)32-13-3-12-27-25(30)19-4-1-2-5-20(19)26(27)31/h1-2,4-11,14-15,28H,3,12-13H2. The molecule has 7 nitrogen and oxygen atoms in total. The van der Waals surface area contributed by atoms with Crippen molar-refractivity contribution in [3.8, 4) is 22.6 Å². The molecule has 3 aromatic carbocycles. The van der Waals surface area contributed by atoms with E-state index in [4.69, 9.17) is 9.15 Å². The van der Waals surface area contributed by atoms with Gasteiger partial charge in [-0.15, -0.1) is 0 Å². The second-order valence-corrected chi connectivity index (χ2v) is 7.69. The summed E-state index contributed by atoms with van der Waals surface area (Å²) >= 11 is 0. The van der Waals surface area contributed by atoms with Crippen molar-refractivity contribution in [1.29, 1.82) is 0 Å². The summed E-state index contributed by atoms with van der Waals surface area (Å²) in [5, 5.41) is 9.86. The van der Waals surface area contributed by atoms with Crippen LogP contribution in [-0.4, -0.2) is 35.0 Å². The summed E-state index contributed by atoms with van der Waals surface area (Å²) in [6.07, 6.45) is 1.86. The summed E-state index contributed by atoms with van der Waals surface area (Å²) in [6.45, 7) is 0.541. The Morgan fingerprint density at radius 3 is 2.24 bits per heavy atom. The Kier molecular flexibility index (Phi) is 5.14. The fraction of sp³-hybridized carbons (Fsp3) is 0.115. The molecule has 7 heteroatoms. The van der Waals surface area contributed by atoms with Gasteiger partial charge in [-0.2, -0.15) is 0 Å². The second kappa shape index (κ2) is 8.27. The molecule has 164 valence electrons. The van der Waals surface area contributed by atoms with Gasteiger partial charge >= 0.3 is 0 Å². The molecule has 1 aliphatic rings. The minimum Gasteiger partial charge on any atom is -0.508 e. The van der Waals surface area contributed by atoms with Crippen LogP contribution in [0.5, 0.6) is 11.5 Å². The number of nitrogens with zero attached hydrogens (tertiary/aromatic N) is 1. The van der Waals surface area contributed by atoms with Crippen LogP contribution in [0.3, 0.4) is 0 Å². The number of carbonyl (C=O) groups is 2. The predicted octanol–water partition coefficient (Wildman–Crippen LogP) is 4.23. The lowest BCUT2D eigenvalue weighted by molar-refractivity contribution is 0.0646. The number of aromatic hydroxyl groups is 1. The molecule has 0 aliphatic carbocycles. The lowest BCUT2D eigenvalue weighted by atomic mass is 10.1. The first-order valence-electron chi connectivity index (χ1n) is 10.5. The van der Waals surface area contributed by atoms with Gasteiger partial charge in [0, 0.05) is 12.6 Å². The number of phenolic OH excluding ortho intramolecular Hbond substituents is 1. The van der Waals surface area contributed by atoms with Gasteiger partial charge in [0.05, 0.1) is 28.7 Å². The molecule has 1 N–H and O–H groups in total. The van der Waals surface area contributed by atoms with E-state index >= 15 is 0 Å². The van der Waals surface area contributed by atoms with Crippen LogP contribution in [0.4, 0.5) is 0 Å². The first kappa shape index (κ1) is 20.5. The van der Waals surface area contributed by atoms with Crippen molar-refractivity contribution in [2.45, 2.75) is 6.42 Å². The molecule has 0 saturated heterocycles. The van der Waals surface area contributed by atoms with Crippen molar-refractivity contribution < 1.29 is 23.8 Å². The van der Waals surface area contributed by atoms with Crippen LogP contribution in [0.25, 0.3) is 22.1 Å². The molecule has 0 radical (unpaired) electrons. The minimum absolute atomic E-state index is 0.119. The highest BCUT2D eigenvalue weighted by Crippen LogP contribution is 2.25. The monoisotopic (exact) mass is 441 g/mol. The Labute approximate surface area is 188 Å². The van der Waals surface area contributed by atoms with E-state index in [2.05, 4.69) is 0 Å². The van der Waals surface area contributed by atoms with Crippen molar-refractivity contribution in [3.63, 3.8) is 0 Å². The summed E-state index contributed by atoms with van der Waals surface area (Å²) in [6, 6.07) is 18.1. The van der Waals surface area contributed by atoms with Crippen molar-refractivity contribution in [3.05, 3.63) is 94.3 Å². The number of hydrogen-bond donors (Lipinski definition) is 1. The van der Waals surface area contributed by atoms with E-state index in [1.165, 1.54) is 23.3 Å². The molecule has 33 heavy (non-hydrogen) atoms. The summed E-state index contributed by atoms with van der Waals surface area (Å²) in [7, 11) is 0. The third kappa shape index (κ3) is 3.74. The number of fused-ring (bicyclic) bond motifs is 2. The average Bonchev–Trinajstić information content (AvgIpc) is 3.07. The largest absolute Gasteiger partial charge is 0.508 e. The van der Waals surface area contributed by atoms with Gasteiger partial charge in [-0.05, 0) is 48.4 Å². The Morgan fingerprint density at radius 1 is 0.848 bits per heavy atom. The number of phenols is 1. The lowest BCUT2D eigenvalue weighted by Crippen LogP contribution is -2.31. The number of amides is 2. The average molecular weight is 441 g/mol. The zero-order valence-electron chi connectivity index (χ0n) is 17.5. The molecular formula is C26H19NO6. The van der Waals surface area contributed by atoms with E-state index in [9.17, 15) is 19.5 Å². The van der Waals surface area contributed by atoms with Crippen LogP contribution >= 0.6 is 0 Å². The first-order valence-corrected chi connectivity index (χ1v) is 10.5. The van der Waals surface area contributed by atoms with Crippen molar-refractivity contribution in [1.82, 2.24) is 4.90 Å². The normalized spacial score (nSPS) is 12.9. The molecule has 5 rings (SSSR count). The van der Waals surface area contributed by atoms with E-state index < -0.39 is 0 Å². The molecule has 0 saturated carbocycles. The van der Waals surface area contributed by atoms with Gasteiger partial charge in [-0.25, -0.2) is 0 Å². The number of hydrogen-bond acceptors (Lipinski definition) is 6. The summed E-state index contributed by atoms with van der Waals surface area (Å²) < 4.78 is 11.4. The van der Waals surface area contributed by atoms with Crippen LogP contribution < -0.4 is 10.2 Å². The van der Waals surface area contributed by atoms with Gasteiger partial charge in [-0.3, -0.25) is 19.3 Å². The first-order chi connectivity index (χ1) is 16.0. The molecule has 2 amide bonds. The second-order valence-electron chi connectivity index (χ2n) is 7.69. The van der Waals surface area contributed by atoms with Gasteiger partial charge in [0.15, 0.2) is 5.43 Å². The van der Waals surface area contributed by atoms with Gasteiger partial charge in [0.25, 0.3) is 11.8 Å². The summed E-state index contributed by atoms with van der Waals surface area (Å²) in [5.74, 6) is 0.0686. The zero-order chi connectivity index (χ0) is 22.9. The van der Waals surface area contributed by atoms with Crippen molar-refractivity contribution in [2.75, 3.05) is 13.2 Å². The molecule has 1 aliphatic heterocycles. The summed E-state index contributed by atoms with van der Waals surface area (Å²) in [5.41, 5.74) is 2.12. The quantitative estimate of drug-likeness (QED) is 0.355. The van der Waals surface area contributed by atoms with Gasteiger partial charge < -0.3 is 14.3 Å². The van der Waals surface area contributed by atoms with E-state index in [0.717, 1.165) is 0 Å². The highest BCUT2D eigenvalue weighted by Gasteiger charge is 2.34. The molecular weight excluding hydrogens is 422 g/mol. The Bertz CT molecular complexity index is 1400. The summed E-state index contributed by atoms with van der Waals surface area (Å²) in [4.78, 5) is 38.9. The van der Waals surface area contributed by atoms with Gasteiger partial charge in [0.2, 0.25) is 0 Å². The van der Waals surface area contributed by atoms with Crippen LogP contribution in [0, 0.1) is 0 Å². The smallest absolute Gasteiger partial charge is 0.261 e. The minimum atomic E-state index is -0.285. The Balaban J connectivity index is 1.25. The van der Waals surface area contributed by atoms with Crippen LogP contribution in [0.2, 0.25) is 0 Å². The predicted molar refractivity (Wildman–Crippen MR) is 122 cm³/mol. The van der Waals surface area contributed by atoms with Crippen molar-refractivity contribution >= 4 is 22.8 Å². The van der Waals surface area contributed by atoms with Crippen molar-refractivity contribution in [2.24, 2.45) is 0 Å². The number of carbonyl (C=O) groups excluding carboxylic acids is 2. The molecule has 4 aromatic rings. The highest BCUT2D eigenvalue weighted by atomic mass is 16.5. The van der Waals surface area contributed by atoms with Crippen LogP contribution in [-0.2, 0) is 0 Å². The Morgan fingerprint density at radius 2 is 1.55 bits per heavy atom. The van der Waals surface area contributed by atoms with E-state index in [1.807, 2.05) is 0 Å². The lowest BCUT2D eigenvalue weighted by Gasteiger charge is -2.14. The molecule has 0 unspecified atom stereocenters. The zero-order valence-corrected chi connectivity index (χ0v) is 17.5. The maximum atomic E-state index is 12.9.